The van der Waals surface area contributed by atoms with Gasteiger partial charge in [0.1, 0.15) is 5.60 Å². The first-order valence-electron chi connectivity index (χ1n) is 4.91. The maximum Gasteiger partial charge on any atom is 0.390 e. The summed E-state index contributed by atoms with van der Waals surface area (Å²) in [5.41, 5.74) is -1.00. The molecular weight excluding hydrogens is 211 g/mol. The fourth-order valence-corrected chi connectivity index (χ4v) is 1.52. The zero-order valence-electron chi connectivity index (χ0n) is 8.60. The van der Waals surface area contributed by atoms with Crippen molar-refractivity contribution in [3.63, 3.8) is 0 Å². The molecule has 6 heteroatoms. The van der Waals surface area contributed by atoms with Gasteiger partial charge in [0, 0.05) is 25.6 Å². The van der Waals surface area contributed by atoms with E-state index in [1.54, 1.807) is 0 Å². The van der Waals surface area contributed by atoms with E-state index < -0.39 is 24.2 Å². The van der Waals surface area contributed by atoms with Gasteiger partial charge in [0.05, 0.1) is 13.0 Å². The van der Waals surface area contributed by atoms with E-state index in [9.17, 15) is 18.3 Å². The van der Waals surface area contributed by atoms with Crippen LogP contribution in [0.3, 0.4) is 0 Å². The molecule has 2 atom stereocenters. The van der Waals surface area contributed by atoms with Crippen LogP contribution in [-0.4, -0.2) is 42.7 Å². The summed E-state index contributed by atoms with van der Waals surface area (Å²) in [5.74, 6) is 0. The second-order valence-corrected chi connectivity index (χ2v) is 4.13. The van der Waals surface area contributed by atoms with Crippen molar-refractivity contribution in [2.24, 2.45) is 0 Å². The quantitative estimate of drug-likeness (QED) is 0.754. The smallest absolute Gasteiger partial charge is 0.386 e. The van der Waals surface area contributed by atoms with Crippen LogP contribution >= 0.6 is 0 Å². The van der Waals surface area contributed by atoms with E-state index in [1.807, 2.05) is 0 Å². The molecule has 0 spiro atoms. The van der Waals surface area contributed by atoms with Crippen LogP contribution in [0, 0.1) is 0 Å². The number of hydrogen-bond acceptors (Lipinski definition) is 3. The highest BCUT2D eigenvalue weighted by Gasteiger charge is 2.34. The molecule has 2 unspecified atom stereocenters. The van der Waals surface area contributed by atoms with Gasteiger partial charge in [-0.1, -0.05) is 0 Å². The van der Waals surface area contributed by atoms with Crippen LogP contribution in [0.1, 0.15) is 19.8 Å². The van der Waals surface area contributed by atoms with Gasteiger partial charge < -0.3 is 15.2 Å². The minimum atomic E-state index is -4.17. The summed E-state index contributed by atoms with van der Waals surface area (Å²) < 4.78 is 40.9. The van der Waals surface area contributed by atoms with Crippen LogP contribution in [0.5, 0.6) is 0 Å². The maximum atomic E-state index is 12.0. The first-order valence-corrected chi connectivity index (χ1v) is 4.91. The fraction of sp³-hybridized carbons (Fsp3) is 1.00. The summed E-state index contributed by atoms with van der Waals surface area (Å²) in [6.45, 7) is 2.25. The lowest BCUT2D eigenvalue weighted by atomic mass is 10.0. The summed E-state index contributed by atoms with van der Waals surface area (Å²) in [6, 6.07) is -0.686. The second-order valence-electron chi connectivity index (χ2n) is 4.13. The molecule has 15 heavy (non-hydrogen) atoms. The molecule has 0 amide bonds. The van der Waals surface area contributed by atoms with Gasteiger partial charge in [0.25, 0.3) is 0 Å². The largest absolute Gasteiger partial charge is 0.390 e. The van der Waals surface area contributed by atoms with Crippen LogP contribution in [0.15, 0.2) is 0 Å². The molecule has 2 N–H and O–H groups in total. The van der Waals surface area contributed by atoms with Crippen molar-refractivity contribution in [2.45, 2.75) is 37.6 Å². The SMILES string of the molecule is CC(CC(F)(F)F)NCC1(O)CCOC1. The molecule has 0 aromatic rings. The number of halogens is 3. The van der Waals surface area contributed by atoms with Gasteiger partial charge >= 0.3 is 6.18 Å². The van der Waals surface area contributed by atoms with Crippen LogP contribution < -0.4 is 5.32 Å². The molecule has 1 aliphatic rings. The zero-order chi connectivity index (χ0) is 11.5. The minimum absolute atomic E-state index is 0.143. The van der Waals surface area contributed by atoms with Crippen LogP contribution in [-0.2, 0) is 4.74 Å². The van der Waals surface area contributed by atoms with Crippen molar-refractivity contribution >= 4 is 0 Å². The lowest BCUT2D eigenvalue weighted by molar-refractivity contribution is -0.139. The van der Waals surface area contributed by atoms with Gasteiger partial charge in [-0.05, 0) is 6.92 Å². The molecule has 90 valence electrons. The Hall–Kier alpha value is -0.330. The lowest BCUT2D eigenvalue weighted by Crippen LogP contribution is -2.45. The third-order valence-corrected chi connectivity index (χ3v) is 2.40. The Morgan fingerprint density at radius 2 is 2.20 bits per heavy atom. The monoisotopic (exact) mass is 227 g/mol. The summed E-state index contributed by atoms with van der Waals surface area (Å²) in [5, 5.41) is 12.4. The Balaban J connectivity index is 2.24. The number of aliphatic hydroxyl groups is 1. The predicted molar refractivity (Wildman–Crippen MR) is 48.5 cm³/mol. The Morgan fingerprint density at radius 1 is 1.53 bits per heavy atom. The number of rotatable bonds is 4. The highest BCUT2D eigenvalue weighted by molar-refractivity contribution is 4.86. The molecule has 0 aromatic carbocycles. The highest BCUT2D eigenvalue weighted by atomic mass is 19.4. The summed E-state index contributed by atoms with van der Waals surface area (Å²) in [4.78, 5) is 0. The maximum absolute atomic E-state index is 12.0. The first kappa shape index (κ1) is 12.7. The normalized spacial score (nSPS) is 29.4. The summed E-state index contributed by atoms with van der Waals surface area (Å²) >= 11 is 0. The van der Waals surface area contributed by atoms with E-state index in [2.05, 4.69) is 5.32 Å². The van der Waals surface area contributed by atoms with E-state index in [1.165, 1.54) is 6.92 Å². The Kier molecular flexibility index (Phi) is 3.97. The molecule has 3 nitrogen and oxygen atoms in total. The van der Waals surface area contributed by atoms with Crippen molar-refractivity contribution in [2.75, 3.05) is 19.8 Å². The predicted octanol–water partition coefficient (Wildman–Crippen LogP) is 1.07. The molecule has 0 bridgehead atoms. The minimum Gasteiger partial charge on any atom is -0.386 e. The van der Waals surface area contributed by atoms with Crippen molar-refractivity contribution in [3.05, 3.63) is 0 Å². The highest BCUT2D eigenvalue weighted by Crippen LogP contribution is 2.22. The third-order valence-electron chi connectivity index (χ3n) is 2.40. The van der Waals surface area contributed by atoms with E-state index in [0.717, 1.165) is 0 Å². The van der Waals surface area contributed by atoms with Gasteiger partial charge in [0.2, 0.25) is 0 Å². The van der Waals surface area contributed by atoms with E-state index >= 15 is 0 Å². The van der Waals surface area contributed by atoms with Crippen LogP contribution in [0.25, 0.3) is 0 Å². The number of hydrogen-bond donors (Lipinski definition) is 2. The van der Waals surface area contributed by atoms with E-state index in [0.29, 0.717) is 13.0 Å². The standard InChI is InChI=1S/C9H16F3NO2/c1-7(4-9(10,11)12)13-5-8(14)2-3-15-6-8/h7,13-14H,2-6H2,1H3. The van der Waals surface area contributed by atoms with Crippen molar-refractivity contribution < 1.29 is 23.0 Å². The molecule has 0 saturated carbocycles. The Morgan fingerprint density at radius 3 is 2.67 bits per heavy atom. The molecule has 0 radical (unpaired) electrons. The average molecular weight is 227 g/mol. The molecule has 0 aliphatic carbocycles. The van der Waals surface area contributed by atoms with Crippen LogP contribution in [0.2, 0.25) is 0 Å². The second kappa shape index (κ2) is 4.67. The molecule has 1 rings (SSSR count). The molecule has 1 saturated heterocycles. The summed E-state index contributed by atoms with van der Waals surface area (Å²) in [7, 11) is 0. The van der Waals surface area contributed by atoms with E-state index in [-0.39, 0.29) is 13.2 Å². The van der Waals surface area contributed by atoms with Crippen molar-refractivity contribution in [1.82, 2.24) is 5.32 Å². The van der Waals surface area contributed by atoms with Gasteiger partial charge in [0.15, 0.2) is 0 Å². The first-order chi connectivity index (χ1) is 6.81. The molecule has 1 heterocycles. The number of ether oxygens (including phenoxy) is 1. The van der Waals surface area contributed by atoms with Crippen molar-refractivity contribution in [1.29, 1.82) is 0 Å². The van der Waals surface area contributed by atoms with Gasteiger partial charge in [-0.2, -0.15) is 13.2 Å². The van der Waals surface area contributed by atoms with Gasteiger partial charge in [-0.15, -0.1) is 0 Å². The van der Waals surface area contributed by atoms with Crippen LogP contribution in [0.4, 0.5) is 13.2 Å². The number of nitrogens with one attached hydrogen (secondary N) is 1. The summed E-state index contributed by atoms with van der Waals surface area (Å²) in [6.07, 6.45) is -4.58. The average Bonchev–Trinajstić information content (AvgIpc) is 2.47. The zero-order valence-corrected chi connectivity index (χ0v) is 8.60. The lowest BCUT2D eigenvalue weighted by Gasteiger charge is -2.24. The molecular formula is C9H16F3NO2. The Bertz CT molecular complexity index is 202. The Labute approximate surface area is 86.6 Å². The van der Waals surface area contributed by atoms with Gasteiger partial charge in [-0.3, -0.25) is 0 Å². The third kappa shape index (κ3) is 4.81. The molecule has 1 fully saturated rings. The fourth-order valence-electron chi connectivity index (χ4n) is 1.52. The van der Waals surface area contributed by atoms with Crippen molar-refractivity contribution in [3.8, 4) is 0 Å². The molecule has 0 aromatic heterocycles. The van der Waals surface area contributed by atoms with E-state index in [4.69, 9.17) is 4.74 Å². The molecule has 1 aliphatic heterocycles. The number of alkyl halides is 3. The van der Waals surface area contributed by atoms with Gasteiger partial charge in [-0.25, -0.2) is 0 Å². The topological polar surface area (TPSA) is 41.5 Å².